The number of rotatable bonds is 10. The van der Waals surface area contributed by atoms with Crippen molar-refractivity contribution < 1.29 is 13.2 Å². The van der Waals surface area contributed by atoms with Crippen molar-refractivity contribution in [2.24, 2.45) is 5.73 Å². The summed E-state index contributed by atoms with van der Waals surface area (Å²) < 4.78 is 25.6. The number of hydrogen-bond donors (Lipinski definition) is 2. The molecule has 1 fully saturated rings. The largest absolute Gasteiger partial charge is 0.355 e. The smallest absolute Gasteiger partial charge is 0.220 e. The Labute approximate surface area is 144 Å². The van der Waals surface area contributed by atoms with Gasteiger partial charge in [0.05, 0.1) is 5.75 Å². The van der Waals surface area contributed by atoms with Gasteiger partial charge >= 0.3 is 0 Å². The van der Waals surface area contributed by atoms with Gasteiger partial charge in [-0.15, -0.1) is 12.4 Å². The predicted molar refractivity (Wildman–Crippen MR) is 95.1 cm³/mol. The molecule has 6 nitrogen and oxygen atoms in total. The molecule has 1 aliphatic heterocycles. The molecule has 3 N–H and O–H groups in total. The third-order valence-electron chi connectivity index (χ3n) is 3.40. The number of carbonyl (C=O) groups is 1. The molecule has 0 atom stereocenters. The van der Waals surface area contributed by atoms with Crippen LogP contribution in [0.1, 0.15) is 32.1 Å². The van der Waals surface area contributed by atoms with E-state index in [0.29, 0.717) is 26.1 Å². The molecule has 0 aromatic heterocycles. The highest BCUT2D eigenvalue weighted by Gasteiger charge is 2.23. The van der Waals surface area contributed by atoms with Crippen LogP contribution in [0.15, 0.2) is 0 Å². The van der Waals surface area contributed by atoms with E-state index in [1.807, 2.05) is 0 Å². The number of sulfonamides is 1. The van der Waals surface area contributed by atoms with Crippen molar-refractivity contribution in [3.05, 3.63) is 0 Å². The van der Waals surface area contributed by atoms with E-state index in [9.17, 15) is 13.2 Å². The highest BCUT2D eigenvalue weighted by atomic mass is 35.5. The van der Waals surface area contributed by atoms with E-state index in [-0.39, 0.29) is 30.6 Å². The van der Waals surface area contributed by atoms with Crippen molar-refractivity contribution in [1.29, 1.82) is 0 Å². The van der Waals surface area contributed by atoms with Gasteiger partial charge in [-0.05, 0) is 19.4 Å². The van der Waals surface area contributed by atoms with Crippen LogP contribution in [0, 0.1) is 0 Å². The first-order valence-corrected chi connectivity index (χ1v) is 10.3. The maximum absolute atomic E-state index is 12.1. The molecule has 1 amide bonds. The van der Waals surface area contributed by atoms with E-state index < -0.39 is 10.0 Å². The fourth-order valence-electron chi connectivity index (χ4n) is 2.15. The Morgan fingerprint density at radius 1 is 1.14 bits per heavy atom. The molecule has 0 bridgehead atoms. The summed E-state index contributed by atoms with van der Waals surface area (Å²) in [5.74, 6) is 1.64. The van der Waals surface area contributed by atoms with Gasteiger partial charge in [0, 0.05) is 37.6 Å². The molecular weight excluding hydrogens is 346 g/mol. The molecule has 9 heteroatoms. The molecule has 0 aromatic carbocycles. The van der Waals surface area contributed by atoms with Crippen molar-refractivity contribution >= 4 is 40.1 Å². The monoisotopic (exact) mass is 373 g/mol. The van der Waals surface area contributed by atoms with E-state index >= 15 is 0 Å². The third kappa shape index (κ3) is 9.19. The maximum Gasteiger partial charge on any atom is 0.220 e. The second-order valence-electron chi connectivity index (χ2n) is 5.13. The van der Waals surface area contributed by atoms with Crippen LogP contribution in [0.2, 0.25) is 0 Å². The fourth-order valence-corrected chi connectivity index (χ4v) is 4.64. The number of hydrogen-bond acceptors (Lipinski definition) is 5. The number of thioether (sulfide) groups is 1. The zero-order valence-electron chi connectivity index (χ0n) is 13.0. The molecule has 0 aliphatic carbocycles. The van der Waals surface area contributed by atoms with E-state index in [1.54, 1.807) is 11.8 Å². The molecule has 0 saturated carbocycles. The van der Waals surface area contributed by atoms with Crippen molar-refractivity contribution in [3.63, 3.8) is 0 Å². The Bertz CT molecular complexity index is 401. The quantitative estimate of drug-likeness (QED) is 0.553. The maximum atomic E-state index is 12.1. The average molecular weight is 374 g/mol. The SMILES string of the molecule is Cl.NCCCCCCC(=O)NCCS(=O)(=O)N1CCSCC1. The van der Waals surface area contributed by atoms with Gasteiger partial charge in [0.2, 0.25) is 15.9 Å². The normalized spacial score (nSPS) is 16.0. The molecule has 0 aromatic rings. The summed E-state index contributed by atoms with van der Waals surface area (Å²) in [6.45, 7) is 2.07. The first-order chi connectivity index (χ1) is 10.1. The molecule has 0 radical (unpaired) electrons. The van der Waals surface area contributed by atoms with Crippen molar-refractivity contribution in [3.8, 4) is 0 Å². The van der Waals surface area contributed by atoms with Crippen LogP contribution in [0.3, 0.4) is 0 Å². The van der Waals surface area contributed by atoms with Crippen LogP contribution in [0.25, 0.3) is 0 Å². The van der Waals surface area contributed by atoms with Crippen molar-refractivity contribution in [2.75, 3.05) is 43.4 Å². The van der Waals surface area contributed by atoms with Crippen molar-refractivity contribution in [2.45, 2.75) is 32.1 Å². The molecule has 132 valence electrons. The van der Waals surface area contributed by atoms with Crippen LogP contribution in [0.5, 0.6) is 0 Å². The number of nitrogens with zero attached hydrogens (tertiary/aromatic N) is 1. The first kappa shape index (κ1) is 22.0. The van der Waals surface area contributed by atoms with Gasteiger partial charge < -0.3 is 11.1 Å². The first-order valence-electron chi connectivity index (χ1n) is 7.58. The number of carbonyl (C=O) groups excluding carboxylic acids is 1. The minimum absolute atomic E-state index is 0. The number of nitrogens with one attached hydrogen (secondary N) is 1. The van der Waals surface area contributed by atoms with Crippen LogP contribution < -0.4 is 11.1 Å². The summed E-state index contributed by atoms with van der Waals surface area (Å²) in [5, 5.41) is 2.69. The number of halogens is 1. The molecule has 22 heavy (non-hydrogen) atoms. The predicted octanol–water partition coefficient (Wildman–Crippen LogP) is 0.812. The van der Waals surface area contributed by atoms with E-state index in [0.717, 1.165) is 37.2 Å². The topological polar surface area (TPSA) is 92.5 Å². The lowest BCUT2D eigenvalue weighted by Gasteiger charge is -2.25. The summed E-state index contributed by atoms with van der Waals surface area (Å²) in [5.41, 5.74) is 5.40. The summed E-state index contributed by atoms with van der Waals surface area (Å²) in [4.78, 5) is 11.6. The summed E-state index contributed by atoms with van der Waals surface area (Å²) >= 11 is 1.77. The van der Waals surface area contributed by atoms with Crippen molar-refractivity contribution in [1.82, 2.24) is 9.62 Å². The lowest BCUT2D eigenvalue weighted by Crippen LogP contribution is -2.41. The lowest BCUT2D eigenvalue weighted by molar-refractivity contribution is -0.121. The third-order valence-corrected chi connectivity index (χ3v) is 6.22. The minimum atomic E-state index is -3.22. The number of unbranched alkanes of at least 4 members (excludes halogenated alkanes) is 3. The van der Waals surface area contributed by atoms with Gasteiger partial charge in [-0.2, -0.15) is 11.8 Å². The summed E-state index contributed by atoms with van der Waals surface area (Å²) in [6.07, 6.45) is 4.33. The highest BCUT2D eigenvalue weighted by Crippen LogP contribution is 2.13. The van der Waals surface area contributed by atoms with Gasteiger partial charge in [0.25, 0.3) is 0 Å². The van der Waals surface area contributed by atoms with E-state index in [2.05, 4.69) is 5.32 Å². The van der Waals surface area contributed by atoms with Crippen LogP contribution in [-0.2, 0) is 14.8 Å². The zero-order chi connectivity index (χ0) is 15.6. The van der Waals surface area contributed by atoms with Gasteiger partial charge in [-0.1, -0.05) is 12.8 Å². The standard InChI is InChI=1S/C13H27N3O3S2.ClH/c14-6-4-2-1-3-5-13(17)15-7-12-21(18,19)16-8-10-20-11-9-16;/h1-12,14H2,(H,15,17);1H. The van der Waals surface area contributed by atoms with Gasteiger partial charge in [-0.25, -0.2) is 12.7 Å². The second kappa shape index (κ2) is 12.4. The van der Waals surface area contributed by atoms with E-state index in [4.69, 9.17) is 5.73 Å². The molecule has 1 heterocycles. The lowest BCUT2D eigenvalue weighted by atomic mass is 10.1. The van der Waals surface area contributed by atoms with Gasteiger partial charge in [-0.3, -0.25) is 4.79 Å². The zero-order valence-corrected chi connectivity index (χ0v) is 15.4. The molecular formula is C13H28ClN3O3S2. The Balaban J connectivity index is 0.00000441. The fraction of sp³-hybridized carbons (Fsp3) is 0.923. The Kier molecular flexibility index (Phi) is 12.4. The summed E-state index contributed by atoms with van der Waals surface area (Å²) in [7, 11) is -3.22. The number of amides is 1. The molecule has 0 unspecified atom stereocenters. The second-order valence-corrected chi connectivity index (χ2v) is 8.44. The van der Waals surface area contributed by atoms with E-state index in [1.165, 1.54) is 4.31 Å². The Morgan fingerprint density at radius 2 is 1.77 bits per heavy atom. The molecule has 1 saturated heterocycles. The van der Waals surface area contributed by atoms with Gasteiger partial charge in [0.15, 0.2) is 0 Å². The van der Waals surface area contributed by atoms with Crippen LogP contribution in [-0.4, -0.2) is 62.1 Å². The van der Waals surface area contributed by atoms with Gasteiger partial charge in [0.1, 0.15) is 0 Å². The summed E-state index contributed by atoms with van der Waals surface area (Å²) in [6, 6.07) is 0. The average Bonchev–Trinajstić information content (AvgIpc) is 2.48. The highest BCUT2D eigenvalue weighted by molar-refractivity contribution is 7.99. The minimum Gasteiger partial charge on any atom is -0.355 e. The molecule has 1 rings (SSSR count). The molecule has 1 aliphatic rings. The Hall–Kier alpha value is -0.0200. The Morgan fingerprint density at radius 3 is 2.41 bits per heavy atom. The number of nitrogens with two attached hydrogens (primary N) is 1. The van der Waals surface area contributed by atoms with Crippen LogP contribution >= 0.6 is 24.2 Å². The van der Waals surface area contributed by atoms with Crippen LogP contribution in [0.4, 0.5) is 0 Å². The molecule has 0 spiro atoms.